The van der Waals surface area contributed by atoms with Gasteiger partial charge in [0.05, 0.1) is 24.2 Å². The van der Waals surface area contributed by atoms with Crippen LogP contribution >= 0.6 is 11.3 Å². The first-order valence-electron chi connectivity index (χ1n) is 12.6. The van der Waals surface area contributed by atoms with Crippen molar-refractivity contribution in [3.8, 4) is 17.0 Å². The Kier molecular flexibility index (Phi) is 7.89. The molecule has 2 aromatic carbocycles. The fourth-order valence-corrected chi connectivity index (χ4v) is 7.15. The van der Waals surface area contributed by atoms with E-state index in [9.17, 15) is 13.2 Å². The number of piperidine rings is 1. The van der Waals surface area contributed by atoms with Crippen molar-refractivity contribution in [2.45, 2.75) is 30.7 Å². The molecule has 8 nitrogen and oxygen atoms in total. The first-order chi connectivity index (χ1) is 17.9. The van der Waals surface area contributed by atoms with Crippen LogP contribution in [0.25, 0.3) is 11.3 Å². The second-order valence-corrected chi connectivity index (χ2v) is 12.3. The Labute approximate surface area is 222 Å². The Morgan fingerprint density at radius 1 is 0.919 bits per heavy atom. The Bertz CT molecular complexity index is 1310. The van der Waals surface area contributed by atoms with Crippen LogP contribution < -0.4 is 4.74 Å². The summed E-state index contributed by atoms with van der Waals surface area (Å²) < 4.78 is 32.5. The van der Waals surface area contributed by atoms with Crippen molar-refractivity contribution in [2.24, 2.45) is 0 Å². The van der Waals surface area contributed by atoms with Gasteiger partial charge in [-0.15, -0.1) is 11.3 Å². The molecule has 0 saturated carbocycles. The molecule has 1 aromatic heterocycles. The van der Waals surface area contributed by atoms with Crippen LogP contribution in [-0.4, -0.2) is 79.8 Å². The van der Waals surface area contributed by atoms with Gasteiger partial charge in [-0.2, -0.15) is 4.31 Å². The summed E-state index contributed by atoms with van der Waals surface area (Å²) >= 11 is 1.65. The van der Waals surface area contributed by atoms with Crippen LogP contribution in [0.5, 0.6) is 5.75 Å². The summed E-state index contributed by atoms with van der Waals surface area (Å²) in [6.07, 6.45) is 2.86. The van der Waals surface area contributed by atoms with Crippen LogP contribution in [-0.2, 0) is 16.6 Å². The summed E-state index contributed by atoms with van der Waals surface area (Å²) in [6.45, 7) is 4.68. The average Bonchev–Trinajstić information content (AvgIpc) is 3.42. The number of carbonyl (C=O) groups excluding carboxylic acids is 1. The molecule has 3 aromatic rings. The summed E-state index contributed by atoms with van der Waals surface area (Å²) in [5, 5.41) is 3.13. The highest BCUT2D eigenvalue weighted by Crippen LogP contribution is 2.25. The number of methoxy groups -OCH3 is 1. The maximum atomic E-state index is 13.1. The molecule has 37 heavy (non-hydrogen) atoms. The largest absolute Gasteiger partial charge is 0.497 e. The predicted octanol–water partition coefficient (Wildman–Crippen LogP) is 3.95. The second-order valence-electron chi connectivity index (χ2n) is 9.41. The number of carbonyl (C=O) groups is 1. The van der Waals surface area contributed by atoms with Gasteiger partial charge in [0.15, 0.2) is 0 Å². The van der Waals surface area contributed by atoms with Crippen molar-refractivity contribution in [1.29, 1.82) is 0 Å². The molecule has 2 saturated heterocycles. The predicted molar refractivity (Wildman–Crippen MR) is 144 cm³/mol. The number of aromatic nitrogens is 1. The van der Waals surface area contributed by atoms with E-state index in [0.29, 0.717) is 31.7 Å². The Morgan fingerprint density at radius 2 is 1.59 bits per heavy atom. The highest BCUT2D eigenvalue weighted by atomic mass is 32.2. The monoisotopic (exact) mass is 540 g/mol. The first-order valence-corrected chi connectivity index (χ1v) is 15.0. The lowest BCUT2D eigenvalue weighted by Gasteiger charge is -2.34. The highest BCUT2D eigenvalue weighted by molar-refractivity contribution is 7.89. The summed E-state index contributed by atoms with van der Waals surface area (Å²) in [5.41, 5.74) is 2.55. The molecule has 1 amide bonds. The van der Waals surface area contributed by atoms with Gasteiger partial charge in [-0.1, -0.05) is 6.42 Å². The van der Waals surface area contributed by atoms with Gasteiger partial charge in [0.1, 0.15) is 10.8 Å². The van der Waals surface area contributed by atoms with Gasteiger partial charge in [-0.3, -0.25) is 9.69 Å². The van der Waals surface area contributed by atoms with E-state index in [1.165, 1.54) is 0 Å². The smallest absolute Gasteiger partial charge is 0.253 e. The van der Waals surface area contributed by atoms with Crippen molar-refractivity contribution in [3.63, 3.8) is 0 Å². The van der Waals surface area contributed by atoms with E-state index >= 15 is 0 Å². The normalized spacial score (nSPS) is 17.6. The number of hydrogen-bond acceptors (Lipinski definition) is 7. The number of sulfonamides is 1. The zero-order valence-electron chi connectivity index (χ0n) is 21.0. The average molecular weight is 541 g/mol. The van der Waals surface area contributed by atoms with Crippen molar-refractivity contribution >= 4 is 27.3 Å². The van der Waals surface area contributed by atoms with E-state index in [4.69, 9.17) is 9.72 Å². The third-order valence-corrected chi connectivity index (χ3v) is 9.76. The molecular weight excluding hydrogens is 508 g/mol. The molecule has 10 heteroatoms. The van der Waals surface area contributed by atoms with E-state index in [1.807, 2.05) is 29.2 Å². The van der Waals surface area contributed by atoms with Crippen molar-refractivity contribution in [1.82, 2.24) is 19.1 Å². The SMILES string of the molecule is COc1ccc(-c2csc(CN3CCN(C(=O)c4ccc(S(=O)(=O)N5CCCCC5)cc4)CC3)n2)cc1. The summed E-state index contributed by atoms with van der Waals surface area (Å²) in [5.74, 6) is 0.766. The Morgan fingerprint density at radius 3 is 2.24 bits per heavy atom. The van der Waals surface area contributed by atoms with Crippen LogP contribution in [0.3, 0.4) is 0 Å². The van der Waals surface area contributed by atoms with E-state index in [1.54, 1.807) is 47.0 Å². The van der Waals surface area contributed by atoms with Crippen LogP contribution in [0, 0.1) is 0 Å². The van der Waals surface area contributed by atoms with Crippen LogP contribution in [0.15, 0.2) is 58.8 Å². The molecule has 0 bridgehead atoms. The Balaban J connectivity index is 1.14. The molecule has 0 radical (unpaired) electrons. The number of hydrogen-bond donors (Lipinski definition) is 0. The number of nitrogens with zero attached hydrogens (tertiary/aromatic N) is 4. The minimum Gasteiger partial charge on any atom is -0.497 e. The highest BCUT2D eigenvalue weighted by Gasteiger charge is 2.27. The Hall–Kier alpha value is -2.79. The fourth-order valence-electron chi connectivity index (χ4n) is 4.78. The molecule has 2 fully saturated rings. The molecular formula is C27H32N4O4S2. The van der Waals surface area contributed by atoms with Gasteiger partial charge in [0.25, 0.3) is 5.91 Å². The van der Waals surface area contributed by atoms with Crippen LogP contribution in [0.2, 0.25) is 0 Å². The molecule has 5 rings (SSSR count). The fraction of sp³-hybridized carbons (Fsp3) is 0.407. The standard InChI is InChI=1S/C27H32N4O4S2/c1-35-23-9-5-21(6-10-23)25-20-36-26(28-25)19-29-15-17-30(18-16-29)27(32)22-7-11-24(12-8-22)37(33,34)31-13-3-2-4-14-31/h5-12,20H,2-4,13-19H2,1H3. The first kappa shape index (κ1) is 25.8. The van der Waals surface area contributed by atoms with E-state index < -0.39 is 10.0 Å². The summed E-state index contributed by atoms with van der Waals surface area (Å²) in [6, 6.07) is 14.3. The van der Waals surface area contributed by atoms with Gasteiger partial charge < -0.3 is 9.64 Å². The van der Waals surface area contributed by atoms with Crippen molar-refractivity contribution in [3.05, 3.63) is 64.5 Å². The zero-order chi connectivity index (χ0) is 25.8. The molecule has 0 spiro atoms. The maximum absolute atomic E-state index is 13.1. The minimum absolute atomic E-state index is 0.0578. The topological polar surface area (TPSA) is 83.0 Å². The molecule has 0 N–H and O–H groups in total. The maximum Gasteiger partial charge on any atom is 0.253 e. The third-order valence-electron chi connectivity index (χ3n) is 7.01. The second kappa shape index (κ2) is 11.3. The van der Waals surface area contributed by atoms with E-state index in [2.05, 4.69) is 10.3 Å². The molecule has 0 atom stereocenters. The minimum atomic E-state index is -3.49. The number of rotatable bonds is 7. The van der Waals surface area contributed by atoms with Crippen LogP contribution in [0.4, 0.5) is 0 Å². The number of benzene rings is 2. The lowest BCUT2D eigenvalue weighted by molar-refractivity contribution is 0.0628. The number of ether oxygens (including phenoxy) is 1. The number of amides is 1. The molecule has 3 heterocycles. The van der Waals surface area contributed by atoms with Crippen LogP contribution in [0.1, 0.15) is 34.6 Å². The van der Waals surface area contributed by atoms with Crippen molar-refractivity contribution in [2.75, 3.05) is 46.4 Å². The summed E-state index contributed by atoms with van der Waals surface area (Å²) in [4.78, 5) is 22.3. The molecule has 2 aliphatic rings. The summed E-state index contributed by atoms with van der Waals surface area (Å²) in [7, 11) is -1.84. The molecule has 0 aliphatic carbocycles. The van der Waals surface area contributed by atoms with Gasteiger partial charge in [-0.25, -0.2) is 13.4 Å². The number of piperazine rings is 1. The van der Waals surface area contributed by atoms with Gasteiger partial charge in [0.2, 0.25) is 10.0 Å². The van der Waals surface area contributed by atoms with Crippen molar-refractivity contribution < 1.29 is 17.9 Å². The lowest BCUT2D eigenvalue weighted by atomic mass is 10.2. The van der Waals surface area contributed by atoms with Gasteiger partial charge >= 0.3 is 0 Å². The van der Waals surface area contributed by atoms with Gasteiger partial charge in [0, 0.05) is 55.8 Å². The molecule has 196 valence electrons. The van der Waals surface area contributed by atoms with E-state index in [0.717, 1.165) is 60.9 Å². The molecule has 2 aliphatic heterocycles. The zero-order valence-corrected chi connectivity index (χ0v) is 22.6. The van der Waals surface area contributed by atoms with E-state index in [-0.39, 0.29) is 10.8 Å². The third kappa shape index (κ3) is 5.87. The lowest BCUT2D eigenvalue weighted by Crippen LogP contribution is -2.48. The molecule has 0 unspecified atom stereocenters. The quantitative estimate of drug-likeness (QED) is 0.451. The number of thiazole rings is 1. The van der Waals surface area contributed by atoms with Gasteiger partial charge in [-0.05, 0) is 61.4 Å².